The van der Waals surface area contributed by atoms with Crippen LogP contribution in [0, 0.1) is 6.92 Å². The molecule has 29 heavy (non-hydrogen) atoms. The summed E-state index contributed by atoms with van der Waals surface area (Å²) < 4.78 is 13.5. The summed E-state index contributed by atoms with van der Waals surface area (Å²) in [4.78, 5) is 8.62. The van der Waals surface area contributed by atoms with Gasteiger partial charge in [0.25, 0.3) is 0 Å². The maximum atomic E-state index is 6.36. The van der Waals surface area contributed by atoms with E-state index < -0.39 is 8.07 Å². The number of aryl methyl sites for hydroxylation is 1. The van der Waals surface area contributed by atoms with E-state index in [0.717, 1.165) is 29.4 Å². The van der Waals surface area contributed by atoms with E-state index in [0.29, 0.717) is 34.8 Å². The molecule has 0 radical (unpaired) electrons. The molecule has 0 unspecified atom stereocenters. The molecule has 3 rings (SSSR count). The number of nitrogens with two attached hydrogens (primary N) is 1. The number of pyridine rings is 2. The van der Waals surface area contributed by atoms with E-state index in [1.54, 1.807) is 17.9 Å². The van der Waals surface area contributed by atoms with Crippen LogP contribution in [0.1, 0.15) is 5.69 Å². The summed E-state index contributed by atoms with van der Waals surface area (Å²) in [6.07, 6.45) is 3.12. The van der Waals surface area contributed by atoms with Crippen LogP contribution in [-0.2, 0) is 11.5 Å². The molecule has 0 aliphatic rings. The summed E-state index contributed by atoms with van der Waals surface area (Å²) in [5.41, 5.74) is 7.95. The number of hydrogen-bond donors (Lipinski definition) is 2. The summed E-state index contributed by atoms with van der Waals surface area (Å²) in [5, 5.41) is 8.73. The van der Waals surface area contributed by atoms with Gasteiger partial charge < -0.3 is 20.5 Å². The molecule has 156 valence electrons. The fourth-order valence-corrected chi connectivity index (χ4v) is 3.82. The number of rotatable bonds is 8. The molecule has 0 atom stereocenters. The number of aromatic nitrogens is 4. The van der Waals surface area contributed by atoms with Gasteiger partial charge in [0.15, 0.2) is 11.4 Å². The number of nitrogens with one attached hydrogen (secondary N) is 1. The standard InChI is InChI=1S/C19H27ClN6O2Si/c1-12-14-8-13(28-15-10-23-18(21)17(22-2)16(15)20)9-24-19(14)26(25-12)11-27-6-7-29(3,4)5/h8-10,22H,6-7,11H2,1-5H3,(H2,21,23). The van der Waals surface area contributed by atoms with Crippen LogP contribution in [0.15, 0.2) is 18.5 Å². The highest BCUT2D eigenvalue weighted by molar-refractivity contribution is 6.76. The second-order valence-electron chi connectivity index (χ2n) is 8.02. The van der Waals surface area contributed by atoms with Crippen LogP contribution >= 0.6 is 11.6 Å². The lowest BCUT2D eigenvalue weighted by molar-refractivity contribution is 0.0810. The second kappa shape index (κ2) is 8.56. The average Bonchev–Trinajstić information content (AvgIpc) is 2.96. The first kappa shape index (κ1) is 21.3. The summed E-state index contributed by atoms with van der Waals surface area (Å²) in [6.45, 7) is 10.0. The van der Waals surface area contributed by atoms with Crippen LogP contribution in [0.4, 0.5) is 11.5 Å². The first-order chi connectivity index (χ1) is 13.7. The van der Waals surface area contributed by atoms with Gasteiger partial charge in [-0.3, -0.25) is 0 Å². The predicted octanol–water partition coefficient (Wildman–Crippen LogP) is 4.52. The Labute approximate surface area is 176 Å². The summed E-state index contributed by atoms with van der Waals surface area (Å²) in [5.74, 6) is 1.24. The summed E-state index contributed by atoms with van der Waals surface area (Å²) in [7, 11) is 0.604. The molecule has 0 bridgehead atoms. The van der Waals surface area contributed by atoms with E-state index >= 15 is 0 Å². The van der Waals surface area contributed by atoms with Crippen LogP contribution < -0.4 is 15.8 Å². The predicted molar refractivity (Wildman–Crippen MR) is 120 cm³/mol. The molecule has 0 saturated heterocycles. The van der Waals surface area contributed by atoms with Gasteiger partial charge >= 0.3 is 0 Å². The topological polar surface area (TPSA) is 100 Å². The van der Waals surface area contributed by atoms with Crippen molar-refractivity contribution in [2.24, 2.45) is 0 Å². The number of ether oxygens (including phenoxy) is 2. The second-order valence-corrected chi connectivity index (χ2v) is 14.0. The molecule has 0 saturated carbocycles. The minimum Gasteiger partial charge on any atom is -0.452 e. The minimum atomic E-state index is -1.12. The van der Waals surface area contributed by atoms with Gasteiger partial charge in [-0.2, -0.15) is 5.10 Å². The monoisotopic (exact) mass is 434 g/mol. The van der Waals surface area contributed by atoms with Crippen LogP contribution in [0.5, 0.6) is 11.5 Å². The van der Waals surface area contributed by atoms with E-state index in [4.69, 9.17) is 26.8 Å². The number of hydrogen-bond acceptors (Lipinski definition) is 7. The molecule has 3 aromatic heterocycles. The van der Waals surface area contributed by atoms with Crippen LogP contribution in [0.25, 0.3) is 11.0 Å². The molecule has 0 aliphatic heterocycles. The zero-order chi connectivity index (χ0) is 21.2. The average molecular weight is 435 g/mol. The summed E-state index contributed by atoms with van der Waals surface area (Å²) in [6, 6.07) is 3.00. The van der Waals surface area contributed by atoms with E-state index in [2.05, 4.69) is 40.0 Å². The fourth-order valence-electron chi connectivity index (χ4n) is 2.79. The Balaban J connectivity index is 1.78. The Morgan fingerprint density at radius 2 is 2.00 bits per heavy atom. The van der Waals surface area contributed by atoms with E-state index in [-0.39, 0.29) is 0 Å². The first-order valence-corrected chi connectivity index (χ1v) is 13.5. The van der Waals surface area contributed by atoms with Gasteiger partial charge in [-0.25, -0.2) is 14.6 Å². The largest absolute Gasteiger partial charge is 0.452 e. The molecule has 3 N–H and O–H groups in total. The highest BCUT2D eigenvalue weighted by atomic mass is 35.5. The van der Waals surface area contributed by atoms with Crippen molar-refractivity contribution in [1.82, 2.24) is 19.7 Å². The molecule has 3 heterocycles. The molecule has 8 nitrogen and oxygen atoms in total. The van der Waals surface area contributed by atoms with Gasteiger partial charge in [0.1, 0.15) is 23.3 Å². The van der Waals surface area contributed by atoms with Crippen molar-refractivity contribution < 1.29 is 9.47 Å². The Hall–Kier alpha value is -2.36. The van der Waals surface area contributed by atoms with Gasteiger partial charge in [0, 0.05) is 27.1 Å². The molecule has 10 heteroatoms. The third-order valence-corrected chi connectivity index (χ3v) is 6.53. The third kappa shape index (κ3) is 4.98. The van der Waals surface area contributed by atoms with Gasteiger partial charge in [0.2, 0.25) is 0 Å². The molecule has 0 amide bonds. The lowest BCUT2D eigenvalue weighted by Crippen LogP contribution is -2.22. The molecule has 0 aromatic carbocycles. The van der Waals surface area contributed by atoms with Gasteiger partial charge in [0.05, 0.1) is 23.8 Å². The highest BCUT2D eigenvalue weighted by Gasteiger charge is 2.16. The Kier molecular flexibility index (Phi) is 6.30. The van der Waals surface area contributed by atoms with Crippen molar-refractivity contribution in [2.45, 2.75) is 39.3 Å². The minimum absolute atomic E-state index is 0.310. The number of nitrogen functional groups attached to an aromatic ring is 1. The van der Waals surface area contributed by atoms with Gasteiger partial charge in [-0.1, -0.05) is 31.2 Å². The maximum absolute atomic E-state index is 6.36. The quantitative estimate of drug-likeness (QED) is 0.397. The molecule has 0 aliphatic carbocycles. The van der Waals surface area contributed by atoms with Crippen molar-refractivity contribution in [2.75, 3.05) is 24.7 Å². The van der Waals surface area contributed by atoms with Crippen LogP contribution in [-0.4, -0.2) is 41.5 Å². The van der Waals surface area contributed by atoms with Crippen LogP contribution in [0.3, 0.4) is 0 Å². The Morgan fingerprint density at radius 3 is 2.69 bits per heavy atom. The number of halogens is 1. The van der Waals surface area contributed by atoms with Crippen molar-refractivity contribution in [3.05, 3.63) is 29.2 Å². The van der Waals surface area contributed by atoms with Gasteiger partial charge in [-0.15, -0.1) is 0 Å². The maximum Gasteiger partial charge on any atom is 0.166 e. The van der Waals surface area contributed by atoms with Gasteiger partial charge in [-0.05, 0) is 19.0 Å². The van der Waals surface area contributed by atoms with Crippen LogP contribution in [0.2, 0.25) is 30.7 Å². The first-order valence-electron chi connectivity index (χ1n) is 9.40. The fraction of sp³-hybridized carbons (Fsp3) is 0.421. The number of fused-ring (bicyclic) bond motifs is 1. The molecule has 0 fully saturated rings. The zero-order valence-corrected chi connectivity index (χ0v) is 19.2. The highest BCUT2D eigenvalue weighted by Crippen LogP contribution is 2.37. The molecule has 3 aromatic rings. The molecular formula is C19H27ClN6O2Si. The zero-order valence-electron chi connectivity index (χ0n) is 17.4. The normalized spacial score (nSPS) is 11.8. The number of nitrogens with zero attached hydrogens (tertiary/aromatic N) is 4. The van der Waals surface area contributed by atoms with Crippen molar-refractivity contribution >= 4 is 42.2 Å². The Morgan fingerprint density at radius 1 is 1.24 bits per heavy atom. The third-order valence-electron chi connectivity index (χ3n) is 4.45. The SMILES string of the molecule is CNc1c(N)ncc(Oc2cnc3c(c2)c(C)nn3COCC[Si](C)(C)C)c1Cl. The van der Waals surface area contributed by atoms with E-state index in [1.165, 1.54) is 6.20 Å². The van der Waals surface area contributed by atoms with E-state index in [1.807, 2.05) is 13.0 Å². The lowest BCUT2D eigenvalue weighted by atomic mass is 10.3. The van der Waals surface area contributed by atoms with Crippen molar-refractivity contribution in [1.29, 1.82) is 0 Å². The smallest absolute Gasteiger partial charge is 0.166 e. The number of anilines is 2. The van der Waals surface area contributed by atoms with Crippen molar-refractivity contribution in [3.8, 4) is 11.5 Å². The molecular weight excluding hydrogens is 408 g/mol. The van der Waals surface area contributed by atoms with Crippen molar-refractivity contribution in [3.63, 3.8) is 0 Å². The van der Waals surface area contributed by atoms with E-state index in [9.17, 15) is 0 Å². The summed E-state index contributed by atoms with van der Waals surface area (Å²) >= 11 is 6.36. The lowest BCUT2D eigenvalue weighted by Gasteiger charge is -2.15. The Bertz CT molecular complexity index is 1020. The molecule has 0 spiro atoms.